The molecule has 4 rings (SSSR count). The zero-order chi connectivity index (χ0) is 25.5. The highest BCUT2D eigenvalue weighted by molar-refractivity contribution is 5.96. The Hall–Kier alpha value is -3.92. The van der Waals surface area contributed by atoms with E-state index in [0.717, 1.165) is 30.2 Å². The predicted octanol–water partition coefficient (Wildman–Crippen LogP) is 4.38. The molecular weight excluding hydrogens is 467 g/mol. The number of nitrogens with zero attached hydrogens (tertiary/aromatic N) is 3. The topological polar surface area (TPSA) is 95.0 Å². The summed E-state index contributed by atoms with van der Waals surface area (Å²) in [4.78, 5) is 22.9. The largest absolute Gasteiger partial charge is 0.495 e. The Morgan fingerprint density at radius 1 is 1.08 bits per heavy atom. The van der Waals surface area contributed by atoms with Crippen molar-refractivity contribution in [1.82, 2.24) is 9.97 Å². The molecular formula is C26H29FN4O5. The fourth-order valence-corrected chi connectivity index (χ4v) is 3.84. The van der Waals surface area contributed by atoms with Crippen LogP contribution in [-0.2, 0) is 11.3 Å². The van der Waals surface area contributed by atoms with Crippen molar-refractivity contribution >= 4 is 23.1 Å². The molecule has 3 aromatic rings. The fourth-order valence-electron chi connectivity index (χ4n) is 3.84. The quantitative estimate of drug-likeness (QED) is 0.410. The summed E-state index contributed by atoms with van der Waals surface area (Å²) < 4.78 is 36.4. The molecule has 1 saturated heterocycles. The van der Waals surface area contributed by atoms with Crippen LogP contribution in [0.15, 0.2) is 42.7 Å². The van der Waals surface area contributed by atoms with Gasteiger partial charge >= 0.3 is 0 Å². The van der Waals surface area contributed by atoms with Gasteiger partial charge in [-0.15, -0.1) is 0 Å². The molecule has 2 heterocycles. The van der Waals surface area contributed by atoms with Crippen molar-refractivity contribution in [1.29, 1.82) is 0 Å². The number of hydrogen-bond acceptors (Lipinski definition) is 9. The van der Waals surface area contributed by atoms with E-state index in [1.165, 1.54) is 31.6 Å². The van der Waals surface area contributed by atoms with Gasteiger partial charge in [-0.1, -0.05) is 6.92 Å². The Morgan fingerprint density at radius 3 is 2.47 bits per heavy atom. The average Bonchev–Trinajstić information content (AvgIpc) is 2.93. The summed E-state index contributed by atoms with van der Waals surface area (Å²) >= 11 is 0. The molecule has 1 aliphatic rings. The molecule has 9 nitrogen and oxygen atoms in total. The smallest absolute Gasteiger partial charge is 0.227 e. The number of carbonyl (C=O) groups excluding carboxylic acids is 1. The SMILES string of the molecule is CCC(=O)c1cc(COc2cnc(Nc3ccc(N4CCOCC4)c(OC)c3)nc2)c(F)c(OC)c1. The second-order valence-corrected chi connectivity index (χ2v) is 8.07. The first kappa shape index (κ1) is 25.2. The van der Waals surface area contributed by atoms with Crippen LogP contribution in [0.1, 0.15) is 29.3 Å². The van der Waals surface area contributed by atoms with Crippen LogP contribution in [-0.4, -0.2) is 56.3 Å². The van der Waals surface area contributed by atoms with Crippen LogP contribution in [0.3, 0.4) is 0 Å². The molecule has 1 N–H and O–H groups in total. The zero-order valence-corrected chi connectivity index (χ0v) is 20.5. The third-order valence-corrected chi connectivity index (χ3v) is 5.79. The van der Waals surface area contributed by atoms with Crippen LogP contribution in [0.25, 0.3) is 0 Å². The predicted molar refractivity (Wildman–Crippen MR) is 133 cm³/mol. The molecule has 0 spiro atoms. The van der Waals surface area contributed by atoms with Crippen LogP contribution in [0.2, 0.25) is 0 Å². The molecule has 1 fully saturated rings. The van der Waals surface area contributed by atoms with Crippen molar-refractivity contribution in [2.24, 2.45) is 0 Å². The molecule has 2 aromatic carbocycles. The lowest BCUT2D eigenvalue weighted by Crippen LogP contribution is -2.36. The number of halogens is 1. The van der Waals surface area contributed by atoms with E-state index < -0.39 is 5.82 Å². The molecule has 0 saturated carbocycles. The van der Waals surface area contributed by atoms with E-state index in [1.807, 2.05) is 18.2 Å². The summed E-state index contributed by atoms with van der Waals surface area (Å²) in [6, 6.07) is 8.69. The number of aromatic nitrogens is 2. The molecule has 0 unspecified atom stereocenters. The van der Waals surface area contributed by atoms with Gasteiger partial charge in [-0.3, -0.25) is 4.79 Å². The number of ether oxygens (including phenoxy) is 4. The van der Waals surface area contributed by atoms with Gasteiger partial charge in [0.25, 0.3) is 0 Å². The Bertz CT molecular complexity index is 1200. The lowest BCUT2D eigenvalue weighted by atomic mass is 10.0. The maximum atomic E-state index is 14.7. The molecule has 0 amide bonds. The number of rotatable bonds is 10. The number of ketones is 1. The first-order valence-corrected chi connectivity index (χ1v) is 11.6. The third kappa shape index (κ3) is 5.83. The molecule has 1 aliphatic heterocycles. The Morgan fingerprint density at radius 2 is 1.81 bits per heavy atom. The van der Waals surface area contributed by atoms with E-state index in [1.54, 1.807) is 14.0 Å². The van der Waals surface area contributed by atoms with Crippen LogP contribution in [0.4, 0.5) is 21.7 Å². The van der Waals surface area contributed by atoms with Crippen LogP contribution in [0.5, 0.6) is 17.2 Å². The Balaban J connectivity index is 1.42. The standard InChI is InChI=1S/C26H29FN4O5/c1-4-22(32)17-11-18(25(27)24(12-17)34-3)16-36-20-14-28-26(29-15-20)30-19-5-6-21(23(13-19)33-2)31-7-9-35-10-8-31/h5-6,11-15H,4,7-10,16H2,1-3H3,(H,28,29,30). The monoisotopic (exact) mass is 496 g/mol. The summed E-state index contributed by atoms with van der Waals surface area (Å²) in [6.45, 7) is 4.63. The second-order valence-electron chi connectivity index (χ2n) is 8.07. The molecule has 36 heavy (non-hydrogen) atoms. The first-order chi connectivity index (χ1) is 17.5. The van der Waals surface area contributed by atoms with Gasteiger partial charge in [0.05, 0.1) is 45.5 Å². The van der Waals surface area contributed by atoms with Gasteiger partial charge in [0.2, 0.25) is 5.95 Å². The highest BCUT2D eigenvalue weighted by Gasteiger charge is 2.17. The lowest BCUT2D eigenvalue weighted by Gasteiger charge is -2.30. The summed E-state index contributed by atoms with van der Waals surface area (Å²) in [5.41, 5.74) is 2.36. The Labute approximate surface area is 209 Å². The Kier molecular flexibility index (Phi) is 8.17. The minimum absolute atomic E-state index is 0.00114. The number of methoxy groups -OCH3 is 2. The van der Waals surface area contributed by atoms with Crippen molar-refractivity contribution in [3.8, 4) is 17.2 Å². The minimum atomic E-state index is -0.571. The highest BCUT2D eigenvalue weighted by Crippen LogP contribution is 2.32. The van der Waals surface area contributed by atoms with Gasteiger partial charge in [0.1, 0.15) is 12.4 Å². The van der Waals surface area contributed by atoms with Gasteiger partial charge in [-0.25, -0.2) is 14.4 Å². The van der Waals surface area contributed by atoms with Crippen molar-refractivity contribution in [2.75, 3.05) is 50.7 Å². The van der Waals surface area contributed by atoms with Gasteiger partial charge in [-0.05, 0) is 24.3 Å². The number of nitrogens with one attached hydrogen (secondary N) is 1. The van der Waals surface area contributed by atoms with Crippen LogP contribution in [0, 0.1) is 5.82 Å². The number of Topliss-reactive ketones (excluding diaryl/α,β-unsaturated/α-hetero) is 1. The number of benzene rings is 2. The van der Waals surface area contributed by atoms with E-state index in [9.17, 15) is 9.18 Å². The molecule has 0 bridgehead atoms. The van der Waals surface area contributed by atoms with Crippen LogP contribution >= 0.6 is 0 Å². The highest BCUT2D eigenvalue weighted by atomic mass is 19.1. The summed E-state index contributed by atoms with van der Waals surface area (Å²) in [6.07, 6.45) is 3.29. The number of hydrogen-bond donors (Lipinski definition) is 1. The second kappa shape index (κ2) is 11.7. The molecule has 0 atom stereocenters. The van der Waals surface area contributed by atoms with E-state index >= 15 is 0 Å². The molecule has 190 valence electrons. The molecule has 0 radical (unpaired) electrons. The van der Waals surface area contributed by atoms with E-state index in [4.69, 9.17) is 18.9 Å². The maximum Gasteiger partial charge on any atom is 0.227 e. The van der Waals surface area contributed by atoms with Crippen LogP contribution < -0.4 is 24.4 Å². The normalized spacial score (nSPS) is 13.3. The average molecular weight is 497 g/mol. The summed E-state index contributed by atoms with van der Waals surface area (Å²) in [5.74, 6) is 0.780. The summed E-state index contributed by atoms with van der Waals surface area (Å²) in [5, 5.41) is 3.15. The van der Waals surface area contributed by atoms with E-state index in [2.05, 4.69) is 20.2 Å². The number of anilines is 3. The van der Waals surface area contributed by atoms with Crippen molar-refractivity contribution in [2.45, 2.75) is 20.0 Å². The third-order valence-electron chi connectivity index (χ3n) is 5.79. The lowest BCUT2D eigenvalue weighted by molar-refractivity contribution is 0.0987. The minimum Gasteiger partial charge on any atom is -0.495 e. The van der Waals surface area contributed by atoms with Crippen molar-refractivity contribution in [3.05, 3.63) is 59.7 Å². The van der Waals surface area contributed by atoms with E-state index in [-0.39, 0.29) is 23.7 Å². The number of carbonyl (C=O) groups is 1. The molecule has 10 heteroatoms. The fraction of sp³-hybridized carbons (Fsp3) is 0.346. The van der Waals surface area contributed by atoms with E-state index in [0.29, 0.717) is 36.9 Å². The van der Waals surface area contributed by atoms with Gasteiger partial charge in [-0.2, -0.15) is 0 Å². The van der Waals surface area contributed by atoms with Crippen molar-refractivity contribution < 1.29 is 28.1 Å². The van der Waals surface area contributed by atoms with Gasteiger partial charge in [0, 0.05) is 42.4 Å². The molecule has 0 aliphatic carbocycles. The number of morpholine rings is 1. The molecule has 1 aromatic heterocycles. The van der Waals surface area contributed by atoms with Gasteiger partial charge in [0.15, 0.2) is 23.1 Å². The van der Waals surface area contributed by atoms with Gasteiger partial charge < -0.3 is 29.2 Å². The maximum absolute atomic E-state index is 14.7. The van der Waals surface area contributed by atoms with Crippen molar-refractivity contribution in [3.63, 3.8) is 0 Å². The summed E-state index contributed by atoms with van der Waals surface area (Å²) in [7, 11) is 2.99. The zero-order valence-electron chi connectivity index (χ0n) is 20.5. The first-order valence-electron chi connectivity index (χ1n) is 11.6.